The van der Waals surface area contributed by atoms with Gasteiger partial charge in [0.05, 0.1) is 19.8 Å². The van der Waals surface area contributed by atoms with E-state index in [4.69, 9.17) is 30.8 Å². The highest BCUT2D eigenvalue weighted by Crippen LogP contribution is 2.50. The number of nitrogens with one attached hydrogen (secondary N) is 1. The van der Waals surface area contributed by atoms with E-state index in [0.29, 0.717) is 28.0 Å². The number of hydrogen-bond donors (Lipinski definition) is 4. The summed E-state index contributed by atoms with van der Waals surface area (Å²) in [5.74, 6) is 0.792. The van der Waals surface area contributed by atoms with E-state index in [1.165, 1.54) is 32.4 Å². The zero-order valence-corrected chi connectivity index (χ0v) is 18.5. The van der Waals surface area contributed by atoms with E-state index in [2.05, 4.69) is 10.2 Å². The summed E-state index contributed by atoms with van der Waals surface area (Å²) in [7, 11) is 2.92. The molecule has 9 nitrogen and oxygen atoms in total. The van der Waals surface area contributed by atoms with Crippen LogP contribution >= 0.6 is 12.2 Å². The average molecular weight is 468 g/mol. The lowest BCUT2D eigenvalue weighted by molar-refractivity contribution is 0.251. The number of aromatic hydroxyl groups is 3. The summed E-state index contributed by atoms with van der Waals surface area (Å²) in [4.78, 5) is 0.125. The Morgan fingerprint density at radius 3 is 2.27 bits per heavy atom. The first kappa shape index (κ1) is 22.0. The van der Waals surface area contributed by atoms with Crippen molar-refractivity contribution in [2.75, 3.05) is 14.2 Å². The second kappa shape index (κ2) is 9.13. The molecule has 0 saturated heterocycles. The molecule has 0 spiro atoms. The van der Waals surface area contributed by atoms with Crippen LogP contribution in [-0.2, 0) is 6.61 Å². The lowest BCUT2D eigenvalue weighted by Crippen LogP contribution is -1.97. The number of nitrogens with zero attached hydrogens (tertiary/aromatic N) is 1. The first-order valence-corrected chi connectivity index (χ1v) is 10.1. The fourth-order valence-corrected chi connectivity index (χ4v) is 3.53. The number of methoxy groups -OCH3 is 2. The second-order valence-corrected chi connectivity index (χ2v) is 7.28. The normalized spacial score (nSPS) is 10.7. The van der Waals surface area contributed by atoms with Crippen LogP contribution in [-0.4, -0.2) is 39.7 Å². The molecule has 0 atom stereocenters. The van der Waals surface area contributed by atoms with Gasteiger partial charge in [-0.05, 0) is 53.7 Å². The molecule has 0 bridgehead atoms. The summed E-state index contributed by atoms with van der Waals surface area (Å²) in [5, 5.41) is 37.5. The molecule has 10 heteroatoms. The molecule has 0 aliphatic carbocycles. The average Bonchev–Trinajstić information content (AvgIpc) is 3.23. The van der Waals surface area contributed by atoms with E-state index in [9.17, 15) is 15.3 Å². The summed E-state index contributed by atoms with van der Waals surface area (Å²) < 4.78 is 21.7. The maximum absolute atomic E-state index is 11.1. The highest BCUT2D eigenvalue weighted by molar-refractivity contribution is 7.71. The molecule has 1 aromatic heterocycles. The Balaban J connectivity index is 1.72. The van der Waals surface area contributed by atoms with Crippen molar-refractivity contribution in [2.24, 2.45) is 0 Å². The largest absolute Gasteiger partial charge is 0.508 e. The fraction of sp³-hybridized carbons (Fsp3) is 0.130. The molecule has 0 saturated carbocycles. The number of aromatic nitrogens is 2. The Hall–Kier alpha value is -4.18. The summed E-state index contributed by atoms with van der Waals surface area (Å²) in [6.07, 6.45) is 0. The number of hydrogen-bond acceptors (Lipinski definition) is 9. The maximum atomic E-state index is 11.1. The van der Waals surface area contributed by atoms with E-state index in [1.807, 2.05) is 0 Å². The predicted molar refractivity (Wildman–Crippen MR) is 121 cm³/mol. The topological polar surface area (TPSA) is 130 Å². The predicted octanol–water partition coefficient (Wildman–Crippen LogP) is 4.78. The van der Waals surface area contributed by atoms with Crippen LogP contribution in [0.15, 0.2) is 52.9 Å². The number of rotatable bonds is 7. The van der Waals surface area contributed by atoms with Crippen LogP contribution in [0, 0.1) is 4.84 Å². The van der Waals surface area contributed by atoms with Gasteiger partial charge in [0.25, 0.3) is 10.7 Å². The lowest BCUT2D eigenvalue weighted by Gasteiger charge is -2.18. The van der Waals surface area contributed by atoms with E-state index < -0.39 is 0 Å². The van der Waals surface area contributed by atoms with Gasteiger partial charge < -0.3 is 33.9 Å². The molecule has 0 amide bonds. The summed E-state index contributed by atoms with van der Waals surface area (Å²) in [6, 6.07) is 12.8. The van der Waals surface area contributed by atoms with Crippen molar-refractivity contribution < 1.29 is 33.9 Å². The Morgan fingerprint density at radius 1 is 0.939 bits per heavy atom. The Labute approximate surface area is 193 Å². The summed E-state index contributed by atoms with van der Waals surface area (Å²) in [5.41, 5.74) is 2.09. The second-order valence-electron chi connectivity index (χ2n) is 6.91. The first-order chi connectivity index (χ1) is 15.9. The van der Waals surface area contributed by atoms with Gasteiger partial charge in [-0.25, -0.2) is 5.10 Å². The van der Waals surface area contributed by atoms with Gasteiger partial charge in [-0.15, -0.1) is 5.10 Å². The molecule has 4 N–H and O–H groups in total. The van der Waals surface area contributed by atoms with E-state index in [0.717, 1.165) is 0 Å². The molecule has 1 heterocycles. The third-order valence-electron chi connectivity index (χ3n) is 4.90. The van der Waals surface area contributed by atoms with Crippen molar-refractivity contribution >= 4 is 12.2 Å². The molecule has 3 aromatic carbocycles. The van der Waals surface area contributed by atoms with Gasteiger partial charge in [-0.1, -0.05) is 18.2 Å². The van der Waals surface area contributed by atoms with Crippen LogP contribution in [0.1, 0.15) is 5.89 Å². The molecule has 170 valence electrons. The maximum Gasteiger partial charge on any atom is 0.284 e. The van der Waals surface area contributed by atoms with Gasteiger partial charge in [-0.2, -0.15) is 0 Å². The number of aromatic amines is 1. The Morgan fingerprint density at radius 2 is 1.67 bits per heavy atom. The van der Waals surface area contributed by atoms with E-state index >= 15 is 0 Å². The first-order valence-electron chi connectivity index (χ1n) is 9.69. The zero-order chi connectivity index (χ0) is 23.5. The van der Waals surface area contributed by atoms with Crippen molar-refractivity contribution in [3.63, 3.8) is 0 Å². The number of phenolic OH excluding ortho intramolecular Hbond substituents is 3. The van der Waals surface area contributed by atoms with Crippen molar-refractivity contribution in [3.05, 3.63) is 59.3 Å². The Kier molecular flexibility index (Phi) is 6.09. The summed E-state index contributed by atoms with van der Waals surface area (Å²) >= 11 is 4.82. The minimum absolute atomic E-state index is 0.0379. The highest BCUT2D eigenvalue weighted by atomic mass is 32.1. The van der Waals surface area contributed by atoms with Crippen molar-refractivity contribution in [1.29, 1.82) is 0 Å². The van der Waals surface area contributed by atoms with E-state index in [1.54, 1.807) is 30.3 Å². The molecule has 4 aromatic rings. The molecule has 0 unspecified atom stereocenters. The molecular formula is C23H20N2O7S. The molecule has 33 heavy (non-hydrogen) atoms. The molecular weight excluding hydrogens is 448 g/mol. The third-order valence-corrected chi connectivity index (χ3v) is 5.08. The summed E-state index contributed by atoms with van der Waals surface area (Å²) in [6.45, 7) is -0.0379. The lowest BCUT2D eigenvalue weighted by atomic mass is 9.96. The standard InChI is InChI=1S/C23H20N2O7S/c1-29-18-10-15(12-3-6-14(26)7-4-12)22(30-2)21(28)20(18)13-5-8-17(16(27)9-13)31-11-19-24-25-23(33)32-19/h3-10,26-28H,11H2,1-2H3,(H,25,33). The number of benzene rings is 3. The number of H-pyrrole nitrogens is 1. The van der Waals surface area contributed by atoms with E-state index in [-0.39, 0.29) is 46.1 Å². The molecule has 4 rings (SSSR count). The van der Waals surface area contributed by atoms with Gasteiger partial charge in [0.2, 0.25) is 0 Å². The monoisotopic (exact) mass is 468 g/mol. The van der Waals surface area contributed by atoms with Crippen LogP contribution in [0.2, 0.25) is 0 Å². The van der Waals surface area contributed by atoms with Crippen molar-refractivity contribution in [3.8, 4) is 56.8 Å². The zero-order valence-electron chi connectivity index (χ0n) is 17.7. The van der Waals surface area contributed by atoms with Gasteiger partial charge in [-0.3, -0.25) is 0 Å². The minimum Gasteiger partial charge on any atom is -0.508 e. The van der Waals surface area contributed by atoms with Gasteiger partial charge in [0.1, 0.15) is 11.5 Å². The fourth-order valence-electron chi connectivity index (χ4n) is 3.39. The SMILES string of the molecule is COc1cc(-c2ccc(O)cc2)c(OC)c(O)c1-c1ccc(OCc2n[nH]c(=S)o2)c(O)c1. The smallest absolute Gasteiger partial charge is 0.284 e. The van der Waals surface area contributed by atoms with Crippen molar-refractivity contribution in [2.45, 2.75) is 6.61 Å². The van der Waals surface area contributed by atoms with Crippen LogP contribution in [0.5, 0.6) is 34.5 Å². The molecule has 0 radical (unpaired) electrons. The van der Waals surface area contributed by atoms with Crippen LogP contribution in [0.3, 0.4) is 0 Å². The molecule has 0 aliphatic heterocycles. The van der Waals surface area contributed by atoms with Crippen molar-refractivity contribution in [1.82, 2.24) is 10.2 Å². The number of phenols is 3. The van der Waals surface area contributed by atoms with Crippen LogP contribution in [0.4, 0.5) is 0 Å². The molecule has 0 fully saturated rings. The van der Waals surface area contributed by atoms with Crippen LogP contribution < -0.4 is 14.2 Å². The highest BCUT2D eigenvalue weighted by Gasteiger charge is 2.22. The van der Waals surface area contributed by atoms with Gasteiger partial charge in [0, 0.05) is 5.56 Å². The van der Waals surface area contributed by atoms with Gasteiger partial charge >= 0.3 is 0 Å². The third kappa shape index (κ3) is 4.41. The number of ether oxygens (including phenoxy) is 3. The van der Waals surface area contributed by atoms with Gasteiger partial charge in [0.15, 0.2) is 29.6 Å². The quantitative estimate of drug-likeness (QED) is 0.283. The Bertz CT molecular complexity index is 1350. The molecule has 0 aliphatic rings. The van der Waals surface area contributed by atoms with Crippen LogP contribution in [0.25, 0.3) is 22.3 Å². The minimum atomic E-state index is -0.165.